The molecule has 0 N–H and O–H groups in total. The lowest BCUT2D eigenvalue weighted by molar-refractivity contribution is 0.491. The van der Waals surface area contributed by atoms with Crippen molar-refractivity contribution < 1.29 is 4.74 Å². The minimum atomic E-state index is 0.453. The molecular weight excluding hydrogens is 363 g/mol. The van der Waals surface area contributed by atoms with Crippen molar-refractivity contribution >= 4 is 34.7 Å². The highest BCUT2D eigenvalue weighted by Gasteiger charge is 2.17. The molecule has 0 spiro atoms. The van der Waals surface area contributed by atoms with Crippen molar-refractivity contribution in [3.8, 4) is 16.9 Å². The average Bonchev–Trinajstić information content (AvgIpc) is 2.94. The zero-order valence-corrected chi connectivity index (χ0v) is 15.0. The Labute approximate surface area is 154 Å². The van der Waals surface area contributed by atoms with Gasteiger partial charge in [0.05, 0.1) is 5.69 Å². The summed E-state index contributed by atoms with van der Waals surface area (Å²) in [5.41, 5.74) is 3.12. The second-order valence-corrected chi connectivity index (χ2v) is 6.83. The van der Waals surface area contributed by atoms with Crippen molar-refractivity contribution in [2.75, 3.05) is 0 Å². The van der Waals surface area contributed by atoms with Gasteiger partial charge in [-0.15, -0.1) is 0 Å². The van der Waals surface area contributed by atoms with Crippen LogP contribution in [0.25, 0.3) is 0 Å². The molecule has 0 saturated carbocycles. The monoisotopic (exact) mass is 374 g/mol. The summed E-state index contributed by atoms with van der Waals surface area (Å²) in [5, 5.41) is 11.2. The van der Waals surface area contributed by atoms with E-state index < -0.39 is 0 Å². The Kier molecular flexibility index (Phi) is 5.06. The molecule has 6 heteroatoms. The summed E-state index contributed by atoms with van der Waals surface area (Å²) in [5.74, 6) is 0.626. The molecule has 0 aliphatic carbocycles. The maximum absolute atomic E-state index is 9.50. The second kappa shape index (κ2) is 7.23. The summed E-state index contributed by atoms with van der Waals surface area (Å²) in [6.45, 7) is 1.92. The van der Waals surface area contributed by atoms with Crippen LogP contribution >= 0.6 is 34.7 Å². The highest BCUT2D eigenvalue weighted by molar-refractivity contribution is 7.08. The highest BCUT2D eigenvalue weighted by Crippen LogP contribution is 2.35. The molecular formula is C18H12Cl2N2OS. The van der Waals surface area contributed by atoms with Crippen LogP contribution in [0.15, 0.2) is 42.5 Å². The third-order valence-corrected chi connectivity index (χ3v) is 4.73. The van der Waals surface area contributed by atoms with E-state index in [1.807, 2.05) is 37.3 Å². The number of aryl methyl sites for hydroxylation is 1. The lowest BCUT2D eigenvalue weighted by Crippen LogP contribution is -1.93. The van der Waals surface area contributed by atoms with Crippen molar-refractivity contribution in [3.05, 3.63) is 74.9 Å². The first-order valence-corrected chi connectivity index (χ1v) is 8.67. The lowest BCUT2D eigenvalue weighted by Gasteiger charge is -2.07. The molecule has 0 unspecified atom stereocenters. The predicted octanol–water partition coefficient (Wildman–Crippen LogP) is 6.01. The van der Waals surface area contributed by atoms with Crippen LogP contribution in [0, 0.1) is 18.3 Å². The van der Waals surface area contributed by atoms with E-state index >= 15 is 0 Å². The Morgan fingerprint density at radius 1 is 1.12 bits per heavy atom. The quantitative estimate of drug-likeness (QED) is 0.561. The van der Waals surface area contributed by atoms with E-state index in [1.165, 1.54) is 11.5 Å². The summed E-state index contributed by atoms with van der Waals surface area (Å²) >= 11 is 13.1. The van der Waals surface area contributed by atoms with Crippen LogP contribution in [0.3, 0.4) is 0 Å². The topological polar surface area (TPSA) is 45.9 Å². The second-order valence-electron chi connectivity index (χ2n) is 5.22. The molecule has 0 fully saturated rings. The average molecular weight is 375 g/mol. The first-order chi connectivity index (χ1) is 11.6. The fraction of sp³-hybridized carbons (Fsp3) is 0.111. The Bertz CT molecular complexity index is 914. The number of nitrogens with zero attached hydrogens (tertiary/aromatic N) is 2. The van der Waals surface area contributed by atoms with Gasteiger partial charge in [-0.2, -0.15) is 9.64 Å². The predicted molar refractivity (Wildman–Crippen MR) is 97.4 cm³/mol. The summed E-state index contributed by atoms with van der Waals surface area (Å²) in [4.78, 5) is 0. The fourth-order valence-electron chi connectivity index (χ4n) is 2.19. The molecule has 1 aromatic heterocycles. The van der Waals surface area contributed by atoms with Crippen LogP contribution in [0.2, 0.25) is 10.0 Å². The van der Waals surface area contributed by atoms with Gasteiger partial charge >= 0.3 is 0 Å². The minimum absolute atomic E-state index is 0.453. The maximum atomic E-state index is 9.50. The van der Waals surface area contributed by atoms with Crippen LogP contribution in [-0.4, -0.2) is 4.37 Å². The molecule has 2 aromatic carbocycles. The van der Waals surface area contributed by atoms with Crippen LogP contribution in [0.5, 0.6) is 10.8 Å². The smallest absolute Gasteiger partial charge is 0.218 e. The Hall–Kier alpha value is -2.06. The number of ether oxygens (including phenoxy) is 1. The van der Waals surface area contributed by atoms with Crippen LogP contribution in [0.4, 0.5) is 0 Å². The van der Waals surface area contributed by atoms with E-state index in [4.69, 9.17) is 27.9 Å². The number of benzene rings is 2. The van der Waals surface area contributed by atoms with Gasteiger partial charge in [0.1, 0.15) is 17.4 Å². The SMILES string of the molecule is Cc1ccc(Cl)cc1Oc1snc(Cc2ccc(Cl)cc2)c1C#N. The van der Waals surface area contributed by atoms with Crippen LogP contribution in [0.1, 0.15) is 22.4 Å². The summed E-state index contributed by atoms with van der Waals surface area (Å²) in [7, 11) is 0. The van der Waals surface area contributed by atoms with E-state index in [2.05, 4.69) is 10.4 Å². The first kappa shape index (κ1) is 16.8. The zero-order chi connectivity index (χ0) is 17.1. The molecule has 0 radical (unpaired) electrons. The molecule has 0 saturated heterocycles. The van der Waals surface area contributed by atoms with Crippen molar-refractivity contribution in [2.24, 2.45) is 0 Å². The third-order valence-electron chi connectivity index (χ3n) is 3.48. The van der Waals surface area contributed by atoms with Gasteiger partial charge in [0.15, 0.2) is 0 Å². The lowest BCUT2D eigenvalue weighted by atomic mass is 10.1. The summed E-state index contributed by atoms with van der Waals surface area (Å²) < 4.78 is 10.3. The number of nitriles is 1. The normalized spacial score (nSPS) is 10.4. The summed E-state index contributed by atoms with van der Waals surface area (Å²) in [6, 6.07) is 15.1. The molecule has 120 valence electrons. The molecule has 0 aliphatic rings. The third kappa shape index (κ3) is 3.70. The van der Waals surface area contributed by atoms with Gasteiger partial charge in [-0.1, -0.05) is 41.4 Å². The number of hydrogen-bond donors (Lipinski definition) is 0. The van der Waals surface area contributed by atoms with Gasteiger partial charge < -0.3 is 4.74 Å². The molecule has 24 heavy (non-hydrogen) atoms. The molecule has 1 heterocycles. The van der Waals surface area contributed by atoms with Crippen LogP contribution < -0.4 is 4.74 Å². The van der Waals surface area contributed by atoms with E-state index in [0.29, 0.717) is 38.5 Å². The van der Waals surface area contributed by atoms with Crippen molar-refractivity contribution in [2.45, 2.75) is 13.3 Å². The maximum Gasteiger partial charge on any atom is 0.218 e. The molecule has 0 bridgehead atoms. The Balaban J connectivity index is 1.88. The number of halogens is 2. The number of rotatable bonds is 4. The van der Waals surface area contributed by atoms with Crippen molar-refractivity contribution in [1.29, 1.82) is 5.26 Å². The van der Waals surface area contributed by atoms with Gasteiger partial charge in [-0.3, -0.25) is 0 Å². The largest absolute Gasteiger partial charge is 0.443 e. The Morgan fingerprint density at radius 2 is 1.83 bits per heavy atom. The molecule has 0 amide bonds. The van der Waals surface area contributed by atoms with E-state index in [-0.39, 0.29) is 0 Å². The Morgan fingerprint density at radius 3 is 2.54 bits per heavy atom. The zero-order valence-electron chi connectivity index (χ0n) is 12.7. The molecule has 3 nitrogen and oxygen atoms in total. The van der Waals surface area contributed by atoms with Gasteiger partial charge in [0, 0.05) is 28.0 Å². The number of aromatic nitrogens is 1. The summed E-state index contributed by atoms with van der Waals surface area (Å²) in [6.07, 6.45) is 0.550. The van der Waals surface area contributed by atoms with Gasteiger partial charge in [-0.25, -0.2) is 0 Å². The molecule has 3 rings (SSSR count). The fourth-order valence-corrected chi connectivity index (χ4v) is 3.20. The van der Waals surface area contributed by atoms with Crippen molar-refractivity contribution in [1.82, 2.24) is 4.37 Å². The van der Waals surface area contributed by atoms with Crippen molar-refractivity contribution in [3.63, 3.8) is 0 Å². The van der Waals surface area contributed by atoms with Crippen LogP contribution in [-0.2, 0) is 6.42 Å². The van der Waals surface area contributed by atoms with Gasteiger partial charge in [0.25, 0.3) is 0 Å². The first-order valence-electron chi connectivity index (χ1n) is 7.14. The standard InChI is InChI=1S/C18H12Cl2N2OS/c1-11-2-5-14(20)9-17(11)23-18-15(10-21)16(22-24-18)8-12-3-6-13(19)7-4-12/h2-7,9H,8H2,1H3. The van der Waals surface area contributed by atoms with Gasteiger partial charge in [0.2, 0.25) is 5.06 Å². The highest BCUT2D eigenvalue weighted by atomic mass is 35.5. The molecule has 3 aromatic rings. The van der Waals surface area contributed by atoms with E-state index in [0.717, 1.165) is 11.1 Å². The van der Waals surface area contributed by atoms with E-state index in [1.54, 1.807) is 12.1 Å². The number of hydrogen-bond acceptors (Lipinski definition) is 4. The van der Waals surface area contributed by atoms with Gasteiger partial charge in [-0.05, 0) is 42.3 Å². The minimum Gasteiger partial charge on any atom is -0.443 e. The van der Waals surface area contributed by atoms with E-state index in [9.17, 15) is 5.26 Å². The molecule has 0 atom stereocenters. The molecule has 0 aliphatic heterocycles.